The van der Waals surface area contributed by atoms with Crippen LogP contribution in [0.2, 0.25) is 0 Å². The molecule has 0 bridgehead atoms. The van der Waals surface area contributed by atoms with E-state index >= 15 is 0 Å². The van der Waals surface area contributed by atoms with Crippen LogP contribution in [0.5, 0.6) is 5.88 Å². The molecule has 39 heavy (non-hydrogen) atoms. The van der Waals surface area contributed by atoms with E-state index in [2.05, 4.69) is 20.5 Å². The predicted octanol–water partition coefficient (Wildman–Crippen LogP) is 3.64. The summed E-state index contributed by atoms with van der Waals surface area (Å²) in [6.07, 6.45) is -0.0376. The molecule has 2 aliphatic rings. The van der Waals surface area contributed by atoms with Crippen LogP contribution >= 0.6 is 0 Å². The first-order valence-electron chi connectivity index (χ1n) is 13.1. The van der Waals surface area contributed by atoms with Crippen molar-refractivity contribution < 1.29 is 32.6 Å². The van der Waals surface area contributed by atoms with E-state index in [0.29, 0.717) is 37.9 Å². The van der Waals surface area contributed by atoms with Crippen LogP contribution in [0.3, 0.4) is 0 Å². The number of ether oxygens (including phenoxy) is 1. The third-order valence-corrected chi connectivity index (χ3v) is 7.12. The molecule has 2 fully saturated rings. The van der Waals surface area contributed by atoms with Crippen molar-refractivity contribution in [1.29, 1.82) is 0 Å². The second kappa shape index (κ2) is 11.1. The maximum atomic E-state index is 12.9. The van der Waals surface area contributed by atoms with E-state index in [1.165, 1.54) is 6.07 Å². The Bertz CT molecular complexity index is 1170. The van der Waals surface area contributed by atoms with Crippen LogP contribution in [0.1, 0.15) is 67.9 Å². The molecular formula is C28H35F3N4O4. The van der Waals surface area contributed by atoms with E-state index in [0.717, 1.165) is 36.6 Å². The summed E-state index contributed by atoms with van der Waals surface area (Å²) in [5.74, 6) is -0.621. The molecule has 2 heterocycles. The summed E-state index contributed by atoms with van der Waals surface area (Å²) in [7, 11) is 0. The summed E-state index contributed by atoms with van der Waals surface area (Å²) in [5.41, 5.74) is -1.58. The molecule has 2 aromatic rings. The summed E-state index contributed by atoms with van der Waals surface area (Å²) in [6, 6.07) is 7.96. The van der Waals surface area contributed by atoms with Gasteiger partial charge in [-0.1, -0.05) is 6.07 Å². The minimum Gasteiger partial charge on any atom is -0.472 e. The molecule has 3 N–H and O–H groups in total. The second-order valence-corrected chi connectivity index (χ2v) is 11.3. The Morgan fingerprint density at radius 1 is 1.13 bits per heavy atom. The summed E-state index contributed by atoms with van der Waals surface area (Å²) >= 11 is 0. The number of carbonyl (C=O) groups excluding carboxylic acids is 2. The van der Waals surface area contributed by atoms with Crippen molar-refractivity contribution in [3.05, 3.63) is 59.3 Å². The number of halogens is 3. The molecule has 212 valence electrons. The lowest BCUT2D eigenvalue weighted by Gasteiger charge is -2.48. The second-order valence-electron chi connectivity index (χ2n) is 11.3. The van der Waals surface area contributed by atoms with Gasteiger partial charge in [0.15, 0.2) is 0 Å². The van der Waals surface area contributed by atoms with Crippen LogP contribution in [0.25, 0.3) is 0 Å². The lowest BCUT2D eigenvalue weighted by atomic mass is 9.77. The first-order valence-corrected chi connectivity index (χ1v) is 13.1. The topological polar surface area (TPSA) is 104 Å². The Morgan fingerprint density at radius 3 is 2.41 bits per heavy atom. The molecular weight excluding hydrogens is 513 g/mol. The molecule has 1 saturated carbocycles. The average molecular weight is 549 g/mol. The number of rotatable bonds is 7. The third kappa shape index (κ3) is 7.48. The molecule has 1 aromatic carbocycles. The molecule has 0 radical (unpaired) electrons. The molecule has 11 heteroatoms. The minimum absolute atomic E-state index is 0.0664. The van der Waals surface area contributed by atoms with Gasteiger partial charge in [0.05, 0.1) is 23.8 Å². The van der Waals surface area contributed by atoms with E-state index in [1.54, 1.807) is 12.3 Å². The van der Waals surface area contributed by atoms with Crippen molar-refractivity contribution in [2.75, 3.05) is 19.6 Å². The van der Waals surface area contributed by atoms with Crippen LogP contribution in [0, 0.1) is 0 Å². The van der Waals surface area contributed by atoms with Crippen molar-refractivity contribution in [3.8, 4) is 5.88 Å². The van der Waals surface area contributed by atoms with Gasteiger partial charge in [0.25, 0.3) is 5.91 Å². The molecule has 0 atom stereocenters. The van der Waals surface area contributed by atoms with E-state index in [1.807, 2.05) is 26.8 Å². The summed E-state index contributed by atoms with van der Waals surface area (Å²) < 4.78 is 44.3. The fraction of sp³-hybridized carbons (Fsp3) is 0.536. The van der Waals surface area contributed by atoms with Crippen molar-refractivity contribution in [2.45, 2.75) is 75.9 Å². The Hall–Kier alpha value is -3.18. The van der Waals surface area contributed by atoms with Crippen molar-refractivity contribution in [2.24, 2.45) is 0 Å². The SMILES string of the molecule is CC(C)(C)Oc1ccc(C2(O)CCC(N3CC(NC(=O)CNC(=O)c4cccc(C(F)(F)F)c4)C3)CC2)cn1. The molecule has 0 unspecified atom stereocenters. The highest BCUT2D eigenvalue weighted by Crippen LogP contribution is 2.39. The first-order chi connectivity index (χ1) is 18.2. The monoisotopic (exact) mass is 548 g/mol. The number of pyridine rings is 1. The van der Waals surface area contributed by atoms with Crippen molar-refractivity contribution in [3.63, 3.8) is 0 Å². The van der Waals surface area contributed by atoms with Crippen molar-refractivity contribution in [1.82, 2.24) is 20.5 Å². The highest BCUT2D eigenvalue weighted by atomic mass is 19.4. The van der Waals surface area contributed by atoms with Crippen LogP contribution in [-0.2, 0) is 16.6 Å². The number of likely N-dealkylation sites (tertiary alicyclic amines) is 1. The molecule has 1 saturated heterocycles. The Balaban J connectivity index is 1.18. The van der Waals surface area contributed by atoms with Crippen molar-refractivity contribution >= 4 is 11.8 Å². The van der Waals surface area contributed by atoms with Gasteiger partial charge < -0.3 is 20.5 Å². The van der Waals surface area contributed by atoms with Crippen LogP contribution in [0.4, 0.5) is 13.2 Å². The largest absolute Gasteiger partial charge is 0.472 e. The molecule has 1 aliphatic heterocycles. The van der Waals surface area contributed by atoms with Crippen LogP contribution in [0.15, 0.2) is 42.6 Å². The standard InChI is InChI=1S/C28H35F3N4O4/c1-26(2,3)39-24-8-7-20(14-32-24)27(38)11-9-22(10-12-27)35-16-21(17-35)34-23(36)15-33-25(37)18-5-4-6-19(13-18)28(29,30)31/h4-8,13-14,21-22,38H,9-12,15-17H2,1-3H3,(H,33,37)(H,34,36). The number of hydrogen-bond donors (Lipinski definition) is 3. The number of carbonyl (C=O) groups is 2. The molecule has 1 aliphatic carbocycles. The van der Waals surface area contributed by atoms with Gasteiger partial charge in [-0.3, -0.25) is 14.5 Å². The molecule has 1 aromatic heterocycles. The number of aliphatic hydroxyl groups is 1. The van der Waals surface area contributed by atoms with E-state index in [-0.39, 0.29) is 23.8 Å². The van der Waals surface area contributed by atoms with E-state index in [9.17, 15) is 27.9 Å². The minimum atomic E-state index is -4.55. The quantitative estimate of drug-likeness (QED) is 0.488. The Kier molecular flexibility index (Phi) is 8.22. The first kappa shape index (κ1) is 28.8. The van der Waals surface area contributed by atoms with Gasteiger partial charge >= 0.3 is 6.18 Å². The Labute approximate surface area is 225 Å². The molecule has 4 rings (SSSR count). The third-order valence-electron chi connectivity index (χ3n) is 7.12. The van der Waals surface area contributed by atoms with Gasteiger partial charge in [0, 0.05) is 42.5 Å². The van der Waals surface area contributed by atoms with Gasteiger partial charge in [-0.05, 0) is 70.7 Å². The lowest BCUT2D eigenvalue weighted by Crippen LogP contribution is -2.63. The number of benzene rings is 1. The highest BCUT2D eigenvalue weighted by molar-refractivity contribution is 5.96. The number of nitrogens with one attached hydrogen (secondary N) is 2. The zero-order valence-electron chi connectivity index (χ0n) is 22.3. The fourth-order valence-electron chi connectivity index (χ4n) is 5.04. The molecule has 0 spiro atoms. The maximum Gasteiger partial charge on any atom is 0.416 e. The number of alkyl halides is 3. The number of nitrogens with zero attached hydrogens (tertiary/aromatic N) is 2. The zero-order valence-corrected chi connectivity index (χ0v) is 22.3. The number of hydrogen-bond acceptors (Lipinski definition) is 6. The van der Waals surface area contributed by atoms with Gasteiger partial charge in [-0.25, -0.2) is 4.98 Å². The summed E-state index contributed by atoms with van der Waals surface area (Å²) in [5, 5.41) is 16.4. The summed E-state index contributed by atoms with van der Waals surface area (Å²) in [4.78, 5) is 31.1. The van der Waals surface area contributed by atoms with Gasteiger partial charge in [0.2, 0.25) is 11.8 Å². The number of aromatic nitrogens is 1. The van der Waals surface area contributed by atoms with E-state index in [4.69, 9.17) is 4.74 Å². The normalized spacial score (nSPS) is 22.6. The zero-order chi connectivity index (χ0) is 28.4. The molecule has 2 amide bonds. The average Bonchev–Trinajstić information content (AvgIpc) is 2.84. The van der Waals surface area contributed by atoms with Crippen LogP contribution in [-0.4, -0.2) is 64.1 Å². The summed E-state index contributed by atoms with van der Waals surface area (Å²) in [6.45, 7) is 6.85. The molecule has 8 nitrogen and oxygen atoms in total. The highest BCUT2D eigenvalue weighted by Gasteiger charge is 2.40. The Morgan fingerprint density at radius 2 is 1.82 bits per heavy atom. The van der Waals surface area contributed by atoms with Gasteiger partial charge in [-0.15, -0.1) is 0 Å². The van der Waals surface area contributed by atoms with Crippen LogP contribution < -0.4 is 15.4 Å². The maximum absolute atomic E-state index is 12.9. The predicted molar refractivity (Wildman–Crippen MR) is 138 cm³/mol. The number of amides is 2. The smallest absolute Gasteiger partial charge is 0.416 e. The van der Waals surface area contributed by atoms with E-state index < -0.39 is 29.2 Å². The van der Waals surface area contributed by atoms with Gasteiger partial charge in [-0.2, -0.15) is 13.2 Å². The fourth-order valence-corrected chi connectivity index (χ4v) is 5.04. The van der Waals surface area contributed by atoms with Gasteiger partial charge in [0.1, 0.15) is 5.60 Å². The lowest BCUT2D eigenvalue weighted by molar-refractivity contribution is -0.137.